The Kier molecular flexibility index (Phi) is 6.62. The molecule has 1 atom stereocenters. The van der Waals surface area contributed by atoms with Gasteiger partial charge < -0.3 is 9.64 Å². The number of carbonyl (C=O) groups is 1. The summed E-state index contributed by atoms with van der Waals surface area (Å²) in [5, 5.41) is 0.375. The lowest BCUT2D eigenvalue weighted by molar-refractivity contribution is 0.0627. The second kappa shape index (κ2) is 8.86. The second-order valence-electron chi connectivity index (χ2n) is 7.91. The minimum atomic E-state index is -3.94. The summed E-state index contributed by atoms with van der Waals surface area (Å²) < 4.78 is 33.7. The molecule has 1 aliphatic carbocycles. The van der Waals surface area contributed by atoms with E-state index in [-0.39, 0.29) is 28.6 Å². The van der Waals surface area contributed by atoms with Gasteiger partial charge in [-0.2, -0.15) is 0 Å². The summed E-state index contributed by atoms with van der Waals surface area (Å²) in [5.41, 5.74) is 0.588. The van der Waals surface area contributed by atoms with Crippen molar-refractivity contribution in [1.29, 1.82) is 0 Å². The molecule has 8 heteroatoms. The normalized spacial score (nSPS) is 15.0. The van der Waals surface area contributed by atoms with E-state index >= 15 is 0 Å². The van der Waals surface area contributed by atoms with E-state index in [1.54, 1.807) is 24.3 Å². The zero-order valence-corrected chi connectivity index (χ0v) is 19.1. The van der Waals surface area contributed by atoms with Crippen molar-refractivity contribution in [2.75, 3.05) is 11.8 Å². The number of hydrogen-bond donors (Lipinski definition) is 1. The lowest BCUT2D eigenvalue weighted by Crippen LogP contribution is -2.43. The molecular weight excluding hydrogens is 424 g/mol. The molecular formula is C22H27ClN2O4S. The maximum atomic E-state index is 13.2. The Morgan fingerprint density at radius 3 is 2.47 bits per heavy atom. The number of anilines is 1. The summed E-state index contributed by atoms with van der Waals surface area (Å²) in [4.78, 5) is 15.1. The fourth-order valence-corrected chi connectivity index (χ4v) is 4.55. The van der Waals surface area contributed by atoms with Crippen molar-refractivity contribution in [2.45, 2.75) is 50.6 Å². The molecule has 0 bridgehead atoms. The maximum Gasteiger partial charge on any atom is 0.262 e. The van der Waals surface area contributed by atoms with Crippen LogP contribution in [-0.4, -0.2) is 38.4 Å². The predicted molar refractivity (Wildman–Crippen MR) is 119 cm³/mol. The summed E-state index contributed by atoms with van der Waals surface area (Å²) in [6, 6.07) is 11.1. The van der Waals surface area contributed by atoms with Crippen LogP contribution in [0.15, 0.2) is 47.4 Å². The SMILES string of the molecule is COc1ccc(Cl)cc1NS(=O)(=O)c1cccc(C(=O)N(C2CC2)C(C)C(C)C)c1. The van der Waals surface area contributed by atoms with Crippen molar-refractivity contribution in [3.63, 3.8) is 0 Å². The van der Waals surface area contributed by atoms with Crippen LogP contribution in [0.3, 0.4) is 0 Å². The van der Waals surface area contributed by atoms with Gasteiger partial charge in [0.05, 0.1) is 17.7 Å². The van der Waals surface area contributed by atoms with Gasteiger partial charge in [0.2, 0.25) is 0 Å². The van der Waals surface area contributed by atoms with Crippen molar-refractivity contribution in [2.24, 2.45) is 5.92 Å². The fraction of sp³-hybridized carbons (Fsp3) is 0.409. The van der Waals surface area contributed by atoms with E-state index in [1.807, 2.05) is 11.8 Å². The largest absolute Gasteiger partial charge is 0.495 e. The molecule has 3 rings (SSSR count). The molecule has 0 heterocycles. The zero-order valence-electron chi connectivity index (χ0n) is 17.6. The van der Waals surface area contributed by atoms with E-state index in [9.17, 15) is 13.2 Å². The molecule has 0 spiro atoms. The molecule has 1 fully saturated rings. The fourth-order valence-electron chi connectivity index (χ4n) is 3.27. The third kappa shape index (κ3) is 4.90. The van der Waals surface area contributed by atoms with Gasteiger partial charge in [0.1, 0.15) is 5.75 Å². The van der Waals surface area contributed by atoms with E-state index in [0.29, 0.717) is 22.3 Å². The standard InChI is InChI=1S/C22H27ClN2O4S/c1-14(2)15(3)25(18-9-10-18)22(26)16-6-5-7-19(12-16)30(27,28)24-20-13-17(23)8-11-21(20)29-4/h5-8,11-15,18,24H,9-10H2,1-4H3. The number of halogens is 1. The van der Waals surface area contributed by atoms with Gasteiger partial charge in [-0.3, -0.25) is 9.52 Å². The van der Waals surface area contributed by atoms with E-state index in [1.165, 1.54) is 25.3 Å². The first-order valence-electron chi connectivity index (χ1n) is 9.93. The van der Waals surface area contributed by atoms with Gasteiger partial charge in [-0.25, -0.2) is 8.42 Å². The summed E-state index contributed by atoms with van der Waals surface area (Å²) in [6.07, 6.45) is 1.97. The highest BCUT2D eigenvalue weighted by molar-refractivity contribution is 7.92. The minimum Gasteiger partial charge on any atom is -0.495 e. The van der Waals surface area contributed by atoms with Crippen LogP contribution in [0, 0.1) is 5.92 Å². The highest BCUT2D eigenvalue weighted by Crippen LogP contribution is 2.33. The predicted octanol–water partition coefficient (Wildman–Crippen LogP) is 4.80. The number of ether oxygens (including phenoxy) is 1. The molecule has 2 aromatic carbocycles. The van der Waals surface area contributed by atoms with Gasteiger partial charge in [-0.05, 0) is 62.1 Å². The van der Waals surface area contributed by atoms with Crippen LogP contribution >= 0.6 is 11.6 Å². The lowest BCUT2D eigenvalue weighted by atomic mass is 10.0. The summed E-state index contributed by atoms with van der Waals surface area (Å²) in [7, 11) is -2.50. The lowest BCUT2D eigenvalue weighted by Gasteiger charge is -2.32. The van der Waals surface area contributed by atoms with Crippen LogP contribution in [0.4, 0.5) is 5.69 Å². The quantitative estimate of drug-likeness (QED) is 0.626. The van der Waals surface area contributed by atoms with Gasteiger partial charge in [-0.15, -0.1) is 0 Å². The third-order valence-corrected chi connectivity index (χ3v) is 6.97. The molecule has 0 aliphatic heterocycles. The Labute approximate surface area is 183 Å². The number of rotatable bonds is 8. The summed E-state index contributed by atoms with van der Waals surface area (Å²) in [5.74, 6) is 0.510. The average molecular weight is 451 g/mol. The monoisotopic (exact) mass is 450 g/mol. The Bertz CT molecular complexity index is 1040. The van der Waals surface area contributed by atoms with Gasteiger partial charge in [0.25, 0.3) is 15.9 Å². The Morgan fingerprint density at radius 2 is 1.87 bits per heavy atom. The van der Waals surface area contributed by atoms with Crippen LogP contribution < -0.4 is 9.46 Å². The van der Waals surface area contributed by atoms with Crippen molar-refractivity contribution in [3.05, 3.63) is 53.1 Å². The molecule has 30 heavy (non-hydrogen) atoms. The first-order chi connectivity index (χ1) is 14.1. The highest BCUT2D eigenvalue weighted by atomic mass is 35.5. The number of nitrogens with zero attached hydrogens (tertiary/aromatic N) is 1. The first-order valence-corrected chi connectivity index (χ1v) is 11.8. The van der Waals surface area contributed by atoms with Crippen molar-refractivity contribution in [1.82, 2.24) is 4.90 Å². The van der Waals surface area contributed by atoms with Crippen molar-refractivity contribution >= 4 is 33.2 Å². The molecule has 0 radical (unpaired) electrons. The Balaban J connectivity index is 1.90. The molecule has 0 aromatic heterocycles. The van der Waals surface area contributed by atoms with Crippen molar-refractivity contribution in [3.8, 4) is 5.75 Å². The molecule has 1 aliphatic rings. The Hall–Kier alpha value is -2.25. The molecule has 0 saturated heterocycles. The third-order valence-electron chi connectivity index (χ3n) is 5.38. The van der Waals surface area contributed by atoms with Gasteiger partial charge >= 0.3 is 0 Å². The molecule has 2 aromatic rings. The summed E-state index contributed by atoms with van der Waals surface area (Å²) >= 11 is 6.00. The van der Waals surface area contributed by atoms with E-state index in [0.717, 1.165) is 12.8 Å². The van der Waals surface area contributed by atoms with E-state index in [4.69, 9.17) is 16.3 Å². The van der Waals surface area contributed by atoms with Gasteiger partial charge in [0.15, 0.2) is 0 Å². The molecule has 1 N–H and O–H groups in total. The topological polar surface area (TPSA) is 75.7 Å². The number of sulfonamides is 1. The Morgan fingerprint density at radius 1 is 1.17 bits per heavy atom. The van der Waals surface area contributed by atoms with E-state index < -0.39 is 10.0 Å². The number of methoxy groups -OCH3 is 1. The van der Waals surface area contributed by atoms with Crippen LogP contribution in [0.1, 0.15) is 44.0 Å². The van der Waals surface area contributed by atoms with Crippen LogP contribution in [0.5, 0.6) is 5.75 Å². The smallest absolute Gasteiger partial charge is 0.262 e. The molecule has 1 saturated carbocycles. The number of carbonyl (C=O) groups excluding carboxylic acids is 1. The van der Waals surface area contributed by atoms with Crippen LogP contribution in [-0.2, 0) is 10.0 Å². The number of benzene rings is 2. The minimum absolute atomic E-state index is 0.00308. The molecule has 6 nitrogen and oxygen atoms in total. The van der Waals surface area contributed by atoms with Crippen LogP contribution in [0.25, 0.3) is 0 Å². The summed E-state index contributed by atoms with van der Waals surface area (Å²) in [6.45, 7) is 6.20. The maximum absolute atomic E-state index is 13.2. The zero-order chi connectivity index (χ0) is 22.1. The second-order valence-corrected chi connectivity index (χ2v) is 10.0. The van der Waals surface area contributed by atoms with Gasteiger partial charge in [-0.1, -0.05) is 31.5 Å². The first kappa shape index (κ1) is 22.4. The molecule has 162 valence electrons. The van der Waals surface area contributed by atoms with E-state index in [2.05, 4.69) is 18.6 Å². The number of nitrogens with one attached hydrogen (secondary N) is 1. The molecule has 1 unspecified atom stereocenters. The number of hydrogen-bond acceptors (Lipinski definition) is 4. The number of amides is 1. The highest BCUT2D eigenvalue weighted by Gasteiger charge is 2.37. The van der Waals surface area contributed by atoms with Crippen LogP contribution in [0.2, 0.25) is 5.02 Å². The van der Waals surface area contributed by atoms with Gasteiger partial charge in [0, 0.05) is 22.7 Å². The average Bonchev–Trinajstić information content (AvgIpc) is 3.53. The molecule has 1 amide bonds. The van der Waals surface area contributed by atoms with Crippen molar-refractivity contribution < 1.29 is 17.9 Å².